The highest BCUT2D eigenvalue weighted by Crippen LogP contribution is 2.34. The number of carbonyl (C=O) groups is 2. The molecule has 3 saturated heterocycles. The molecule has 2 bridgehead atoms. The summed E-state index contributed by atoms with van der Waals surface area (Å²) >= 11 is 0. The van der Waals surface area contributed by atoms with Crippen molar-refractivity contribution in [2.75, 3.05) is 18.5 Å². The third-order valence-corrected chi connectivity index (χ3v) is 6.72. The van der Waals surface area contributed by atoms with Crippen molar-refractivity contribution in [3.63, 3.8) is 0 Å². The van der Waals surface area contributed by atoms with Crippen LogP contribution in [0.25, 0.3) is 0 Å². The number of piperidine rings is 1. The standard InChI is InChI=1S/C22H31N3O2.ClH/c1-13-7-14(2)21(15(3)8-13)25-12-16(9-20(25)26)22(27)24(4)19-10-17-5-6-18(11-19)23-17;/h7-8,16-19,23H,5-6,9-12H2,1-4H3;1H. The number of anilines is 1. The van der Waals surface area contributed by atoms with Crippen LogP contribution >= 0.6 is 12.4 Å². The molecule has 3 fully saturated rings. The van der Waals surface area contributed by atoms with Crippen molar-refractivity contribution in [3.8, 4) is 0 Å². The minimum absolute atomic E-state index is 0. The molecule has 6 heteroatoms. The van der Waals surface area contributed by atoms with E-state index in [2.05, 4.69) is 38.2 Å². The maximum atomic E-state index is 13.2. The van der Waals surface area contributed by atoms with Crippen molar-refractivity contribution < 1.29 is 9.59 Å². The topological polar surface area (TPSA) is 52.7 Å². The summed E-state index contributed by atoms with van der Waals surface area (Å²) in [7, 11) is 1.94. The zero-order valence-corrected chi connectivity index (χ0v) is 18.1. The molecule has 5 nitrogen and oxygen atoms in total. The van der Waals surface area contributed by atoms with Crippen LogP contribution in [0.15, 0.2) is 12.1 Å². The van der Waals surface area contributed by atoms with Gasteiger partial charge in [0.25, 0.3) is 0 Å². The molecular formula is C22H32ClN3O2. The Balaban J connectivity index is 0.00000225. The summed E-state index contributed by atoms with van der Waals surface area (Å²) in [6, 6.07) is 5.65. The number of fused-ring (bicyclic) bond motifs is 2. The van der Waals surface area contributed by atoms with E-state index in [0.29, 0.717) is 31.1 Å². The molecule has 0 aromatic heterocycles. The van der Waals surface area contributed by atoms with Crippen LogP contribution in [0.1, 0.15) is 48.8 Å². The number of benzene rings is 1. The van der Waals surface area contributed by atoms with Crippen molar-refractivity contribution >= 4 is 29.9 Å². The molecule has 3 unspecified atom stereocenters. The minimum Gasteiger partial charge on any atom is -0.342 e. The molecule has 28 heavy (non-hydrogen) atoms. The van der Waals surface area contributed by atoms with Gasteiger partial charge in [-0.2, -0.15) is 0 Å². The van der Waals surface area contributed by atoms with Gasteiger partial charge in [0.2, 0.25) is 11.8 Å². The Labute approximate surface area is 174 Å². The largest absolute Gasteiger partial charge is 0.342 e. The third-order valence-electron chi connectivity index (χ3n) is 6.72. The first-order chi connectivity index (χ1) is 12.8. The number of aryl methyl sites for hydroxylation is 3. The summed E-state index contributed by atoms with van der Waals surface area (Å²) < 4.78 is 0. The lowest BCUT2D eigenvalue weighted by Gasteiger charge is -2.36. The number of hydrogen-bond acceptors (Lipinski definition) is 3. The second-order valence-corrected chi connectivity index (χ2v) is 8.86. The lowest BCUT2D eigenvalue weighted by Crippen LogP contribution is -2.50. The van der Waals surface area contributed by atoms with Crippen LogP contribution in [-0.4, -0.2) is 48.4 Å². The Morgan fingerprint density at radius 1 is 1.11 bits per heavy atom. The Morgan fingerprint density at radius 2 is 1.68 bits per heavy atom. The molecule has 1 aromatic rings. The lowest BCUT2D eigenvalue weighted by atomic mass is 9.96. The van der Waals surface area contributed by atoms with E-state index in [1.165, 1.54) is 18.4 Å². The van der Waals surface area contributed by atoms with E-state index < -0.39 is 0 Å². The highest BCUT2D eigenvalue weighted by Gasteiger charge is 2.41. The zero-order valence-electron chi connectivity index (χ0n) is 17.3. The van der Waals surface area contributed by atoms with Gasteiger partial charge in [-0.3, -0.25) is 9.59 Å². The molecule has 3 heterocycles. The number of hydrogen-bond donors (Lipinski definition) is 1. The van der Waals surface area contributed by atoms with Gasteiger partial charge in [-0.1, -0.05) is 17.7 Å². The summed E-state index contributed by atoms with van der Waals surface area (Å²) in [6.45, 7) is 6.68. The van der Waals surface area contributed by atoms with Gasteiger partial charge in [-0.15, -0.1) is 12.4 Å². The predicted octanol–water partition coefficient (Wildman–Crippen LogP) is 3.13. The van der Waals surface area contributed by atoms with Gasteiger partial charge in [0.05, 0.1) is 5.92 Å². The molecule has 0 aliphatic carbocycles. The number of halogens is 1. The summed E-state index contributed by atoms with van der Waals surface area (Å²) in [5.74, 6) is -0.0168. The van der Waals surface area contributed by atoms with E-state index in [0.717, 1.165) is 29.7 Å². The lowest BCUT2D eigenvalue weighted by molar-refractivity contribution is -0.137. The predicted molar refractivity (Wildman–Crippen MR) is 114 cm³/mol. The Morgan fingerprint density at radius 3 is 2.25 bits per heavy atom. The number of amides is 2. The molecule has 2 amide bonds. The number of carbonyl (C=O) groups excluding carboxylic acids is 2. The molecule has 3 aliphatic rings. The molecular weight excluding hydrogens is 374 g/mol. The van der Waals surface area contributed by atoms with Gasteiger partial charge < -0.3 is 15.1 Å². The average Bonchev–Trinajstić information content (AvgIpc) is 3.15. The smallest absolute Gasteiger partial charge is 0.228 e. The fourth-order valence-corrected chi connectivity index (χ4v) is 5.50. The molecule has 1 aromatic carbocycles. The number of rotatable bonds is 3. The molecule has 3 aliphatic heterocycles. The normalized spacial score (nSPS) is 29.0. The fourth-order valence-electron chi connectivity index (χ4n) is 5.50. The van der Waals surface area contributed by atoms with Crippen LogP contribution in [0.2, 0.25) is 0 Å². The maximum absolute atomic E-state index is 13.2. The molecule has 1 N–H and O–H groups in total. The van der Waals surface area contributed by atoms with Crippen molar-refractivity contribution in [1.29, 1.82) is 0 Å². The van der Waals surface area contributed by atoms with Crippen LogP contribution in [0.5, 0.6) is 0 Å². The van der Waals surface area contributed by atoms with Gasteiger partial charge in [-0.25, -0.2) is 0 Å². The second-order valence-electron chi connectivity index (χ2n) is 8.86. The second kappa shape index (κ2) is 8.03. The van der Waals surface area contributed by atoms with Gasteiger partial charge in [0.15, 0.2) is 0 Å². The molecule has 154 valence electrons. The fraction of sp³-hybridized carbons (Fsp3) is 0.636. The van der Waals surface area contributed by atoms with Crippen LogP contribution < -0.4 is 10.2 Å². The maximum Gasteiger partial charge on any atom is 0.228 e. The summed E-state index contributed by atoms with van der Waals surface area (Å²) in [5, 5.41) is 3.64. The Hall–Kier alpha value is -1.59. The average molecular weight is 406 g/mol. The van der Waals surface area contributed by atoms with Crippen molar-refractivity contribution in [3.05, 3.63) is 28.8 Å². The molecule has 0 spiro atoms. The van der Waals surface area contributed by atoms with E-state index in [1.54, 1.807) is 0 Å². The van der Waals surface area contributed by atoms with Crippen LogP contribution in [0.4, 0.5) is 5.69 Å². The van der Waals surface area contributed by atoms with Gasteiger partial charge in [-0.05, 0) is 57.6 Å². The van der Waals surface area contributed by atoms with E-state index in [-0.39, 0.29) is 30.1 Å². The Bertz CT molecular complexity index is 746. The number of nitrogens with one attached hydrogen (secondary N) is 1. The third kappa shape index (κ3) is 3.79. The van der Waals surface area contributed by atoms with Crippen LogP contribution in [-0.2, 0) is 9.59 Å². The SMILES string of the molecule is Cc1cc(C)c(N2CC(C(=O)N(C)C3CC4CCC(C3)N4)CC2=O)c(C)c1.Cl. The van der Waals surface area contributed by atoms with E-state index in [4.69, 9.17) is 0 Å². The van der Waals surface area contributed by atoms with Crippen molar-refractivity contribution in [2.45, 2.75) is 71.0 Å². The van der Waals surface area contributed by atoms with Gasteiger partial charge in [0.1, 0.15) is 0 Å². The van der Waals surface area contributed by atoms with Crippen molar-refractivity contribution in [2.24, 2.45) is 5.92 Å². The first kappa shape index (κ1) is 21.1. The van der Waals surface area contributed by atoms with E-state index in [9.17, 15) is 9.59 Å². The van der Waals surface area contributed by atoms with Crippen molar-refractivity contribution in [1.82, 2.24) is 10.2 Å². The molecule has 3 atom stereocenters. The van der Waals surface area contributed by atoms with E-state index in [1.807, 2.05) is 16.8 Å². The number of nitrogens with zero attached hydrogens (tertiary/aromatic N) is 2. The van der Waals surface area contributed by atoms with Crippen LogP contribution in [0, 0.1) is 26.7 Å². The Kier molecular flexibility index (Phi) is 6.06. The first-order valence-electron chi connectivity index (χ1n) is 10.2. The molecule has 0 radical (unpaired) electrons. The van der Waals surface area contributed by atoms with Gasteiger partial charge in [0, 0.05) is 43.8 Å². The molecule has 0 saturated carbocycles. The molecule has 4 rings (SSSR count). The zero-order chi connectivity index (χ0) is 19.3. The summed E-state index contributed by atoms with van der Waals surface area (Å²) in [6.07, 6.45) is 4.86. The quantitative estimate of drug-likeness (QED) is 0.840. The summed E-state index contributed by atoms with van der Waals surface area (Å²) in [5.41, 5.74) is 4.41. The minimum atomic E-state index is -0.227. The highest BCUT2D eigenvalue weighted by molar-refractivity contribution is 6.01. The van der Waals surface area contributed by atoms with Gasteiger partial charge >= 0.3 is 0 Å². The van der Waals surface area contributed by atoms with Crippen LogP contribution in [0.3, 0.4) is 0 Å². The summed E-state index contributed by atoms with van der Waals surface area (Å²) in [4.78, 5) is 29.7. The first-order valence-corrected chi connectivity index (χ1v) is 10.2. The highest BCUT2D eigenvalue weighted by atomic mass is 35.5. The van der Waals surface area contributed by atoms with E-state index >= 15 is 0 Å². The monoisotopic (exact) mass is 405 g/mol.